The van der Waals surface area contributed by atoms with E-state index in [0.717, 1.165) is 33.1 Å². The van der Waals surface area contributed by atoms with Crippen molar-refractivity contribution in [3.8, 4) is 44.6 Å². The van der Waals surface area contributed by atoms with Crippen LogP contribution in [0.1, 0.15) is 22.3 Å². The van der Waals surface area contributed by atoms with E-state index in [4.69, 9.17) is 4.98 Å². The summed E-state index contributed by atoms with van der Waals surface area (Å²) in [4.78, 5) is 9.76. The predicted octanol–water partition coefficient (Wildman–Crippen LogP) is 11.6. The van der Waals surface area contributed by atoms with Crippen LogP contribution >= 0.6 is 0 Å². The fourth-order valence-corrected chi connectivity index (χ4v) is 8.91. The predicted molar refractivity (Wildman–Crippen MR) is 202 cm³/mol. The Morgan fingerprint density at radius 1 is 0.367 bits per heavy atom. The third-order valence-electron chi connectivity index (χ3n) is 10.9. The summed E-state index contributed by atoms with van der Waals surface area (Å²) in [6.45, 7) is 0. The lowest BCUT2D eigenvalue weighted by molar-refractivity contribution is 0.773. The molecule has 2 aliphatic rings. The van der Waals surface area contributed by atoms with Crippen LogP contribution in [0, 0.1) is 0 Å². The van der Waals surface area contributed by atoms with Crippen molar-refractivity contribution in [3.05, 3.63) is 192 Å². The topological polar surface area (TPSA) is 25.8 Å². The molecular formula is C47H28N2. The first-order valence-electron chi connectivity index (χ1n) is 16.9. The molecule has 11 rings (SSSR count). The van der Waals surface area contributed by atoms with Crippen LogP contribution in [0.25, 0.3) is 77.2 Å². The molecule has 2 aliphatic carbocycles. The van der Waals surface area contributed by atoms with Crippen LogP contribution in [0.4, 0.5) is 0 Å². The van der Waals surface area contributed by atoms with E-state index in [-0.39, 0.29) is 5.41 Å². The highest BCUT2D eigenvalue weighted by atomic mass is 14.7. The Bertz CT molecular complexity index is 2780. The minimum absolute atomic E-state index is 0.389. The van der Waals surface area contributed by atoms with Gasteiger partial charge in [0.05, 0.1) is 22.1 Å². The van der Waals surface area contributed by atoms with Crippen molar-refractivity contribution < 1.29 is 0 Å². The molecule has 0 radical (unpaired) electrons. The van der Waals surface area contributed by atoms with Gasteiger partial charge in [0.25, 0.3) is 0 Å². The highest BCUT2D eigenvalue weighted by molar-refractivity contribution is 6.11. The molecule has 49 heavy (non-hydrogen) atoms. The van der Waals surface area contributed by atoms with Gasteiger partial charge in [-0.25, -0.2) is 4.98 Å². The van der Waals surface area contributed by atoms with Crippen molar-refractivity contribution in [1.29, 1.82) is 0 Å². The monoisotopic (exact) mass is 620 g/mol. The largest absolute Gasteiger partial charge is 0.254 e. The van der Waals surface area contributed by atoms with Gasteiger partial charge in [0.15, 0.2) is 0 Å². The maximum absolute atomic E-state index is 5.10. The van der Waals surface area contributed by atoms with Gasteiger partial charge in [0.1, 0.15) is 0 Å². The maximum Gasteiger partial charge on any atom is 0.0972 e. The minimum atomic E-state index is -0.389. The van der Waals surface area contributed by atoms with Crippen molar-refractivity contribution in [2.75, 3.05) is 0 Å². The number of nitrogens with zero attached hydrogens (tertiary/aromatic N) is 2. The zero-order valence-corrected chi connectivity index (χ0v) is 26.6. The number of benzene rings is 7. The Hall–Kier alpha value is -6.38. The van der Waals surface area contributed by atoms with E-state index < -0.39 is 0 Å². The summed E-state index contributed by atoms with van der Waals surface area (Å²) >= 11 is 0. The van der Waals surface area contributed by atoms with Crippen molar-refractivity contribution in [3.63, 3.8) is 0 Å². The first kappa shape index (κ1) is 26.7. The molecule has 0 amide bonds. The normalized spacial score (nSPS) is 13.5. The van der Waals surface area contributed by atoms with Gasteiger partial charge < -0.3 is 0 Å². The van der Waals surface area contributed by atoms with E-state index in [1.54, 1.807) is 0 Å². The summed E-state index contributed by atoms with van der Waals surface area (Å²) in [7, 11) is 0. The molecule has 9 aromatic rings. The van der Waals surface area contributed by atoms with Crippen molar-refractivity contribution in [2.24, 2.45) is 0 Å². The Balaban J connectivity index is 1.11. The summed E-state index contributed by atoms with van der Waals surface area (Å²) in [5, 5.41) is 4.82. The van der Waals surface area contributed by atoms with E-state index in [1.165, 1.54) is 66.4 Å². The van der Waals surface area contributed by atoms with Crippen LogP contribution in [-0.4, -0.2) is 9.97 Å². The molecule has 2 heterocycles. The van der Waals surface area contributed by atoms with Gasteiger partial charge in [-0.15, -0.1) is 0 Å². The Kier molecular flexibility index (Phi) is 5.34. The molecule has 0 unspecified atom stereocenters. The second-order valence-electron chi connectivity index (χ2n) is 13.3. The van der Waals surface area contributed by atoms with Crippen LogP contribution in [0.15, 0.2) is 170 Å². The number of aromatic nitrogens is 2. The average Bonchev–Trinajstić information content (AvgIpc) is 3.47. The van der Waals surface area contributed by atoms with Gasteiger partial charge in [-0.2, -0.15) is 0 Å². The maximum atomic E-state index is 5.10. The van der Waals surface area contributed by atoms with Gasteiger partial charge in [-0.05, 0) is 78.5 Å². The highest BCUT2D eigenvalue weighted by Gasteiger charge is 2.49. The molecule has 0 saturated carbocycles. The van der Waals surface area contributed by atoms with E-state index in [2.05, 4.69) is 163 Å². The number of rotatable bonds is 2. The fraction of sp³-hybridized carbons (Fsp3) is 0.0213. The van der Waals surface area contributed by atoms with Gasteiger partial charge >= 0.3 is 0 Å². The quantitative estimate of drug-likeness (QED) is 0.180. The average molecular weight is 621 g/mol. The van der Waals surface area contributed by atoms with E-state index in [1.807, 2.05) is 12.3 Å². The molecule has 0 aliphatic heterocycles. The summed E-state index contributed by atoms with van der Waals surface area (Å²) < 4.78 is 0. The smallest absolute Gasteiger partial charge is 0.0972 e. The second kappa shape index (κ2) is 9.82. The van der Waals surface area contributed by atoms with Crippen LogP contribution in [0.3, 0.4) is 0 Å². The van der Waals surface area contributed by atoms with Crippen LogP contribution in [0.5, 0.6) is 0 Å². The van der Waals surface area contributed by atoms with Crippen LogP contribution < -0.4 is 0 Å². The molecule has 226 valence electrons. The van der Waals surface area contributed by atoms with Gasteiger partial charge in [-0.1, -0.05) is 152 Å². The third-order valence-corrected chi connectivity index (χ3v) is 10.9. The molecule has 0 N–H and O–H groups in total. The van der Waals surface area contributed by atoms with Crippen molar-refractivity contribution in [1.82, 2.24) is 9.97 Å². The first-order valence-corrected chi connectivity index (χ1v) is 16.9. The van der Waals surface area contributed by atoms with E-state index in [9.17, 15) is 0 Å². The van der Waals surface area contributed by atoms with E-state index >= 15 is 0 Å². The molecule has 2 nitrogen and oxygen atoms in total. The summed E-state index contributed by atoms with van der Waals surface area (Å²) in [5.41, 5.74) is 16.7. The number of hydrogen-bond acceptors (Lipinski definition) is 2. The summed E-state index contributed by atoms with van der Waals surface area (Å²) in [6, 6.07) is 60.2. The lowest BCUT2D eigenvalue weighted by Gasteiger charge is -2.40. The Morgan fingerprint density at radius 2 is 0.939 bits per heavy atom. The van der Waals surface area contributed by atoms with Gasteiger partial charge in [0, 0.05) is 22.5 Å². The zero-order valence-electron chi connectivity index (χ0n) is 26.6. The van der Waals surface area contributed by atoms with Gasteiger partial charge in [-0.3, -0.25) is 4.98 Å². The van der Waals surface area contributed by atoms with Crippen LogP contribution in [-0.2, 0) is 5.41 Å². The molecule has 2 aromatic heterocycles. The molecule has 1 spiro atoms. The van der Waals surface area contributed by atoms with Crippen molar-refractivity contribution >= 4 is 32.6 Å². The third kappa shape index (κ3) is 3.50. The summed E-state index contributed by atoms with van der Waals surface area (Å²) in [6.07, 6.45) is 1.84. The Morgan fingerprint density at radius 3 is 1.65 bits per heavy atom. The first-order chi connectivity index (χ1) is 24.3. The van der Waals surface area contributed by atoms with Crippen LogP contribution in [0.2, 0.25) is 0 Å². The number of hydrogen-bond donors (Lipinski definition) is 0. The SMILES string of the molecule is c1ccc2c(c1)-c1ccccc1C21c2ccccc2-c2ccc(-c3ccc(-c4ccc5ccc6cccnc6c5n4)cc3)c3cccc1c23. The zero-order chi connectivity index (χ0) is 32.1. The fourth-order valence-electron chi connectivity index (χ4n) is 8.91. The minimum Gasteiger partial charge on any atom is -0.254 e. The van der Waals surface area contributed by atoms with Crippen molar-refractivity contribution in [2.45, 2.75) is 5.41 Å². The number of fused-ring (bicyclic) bond motifs is 12. The van der Waals surface area contributed by atoms with Gasteiger partial charge in [0.2, 0.25) is 0 Å². The molecule has 0 bridgehead atoms. The lowest BCUT2D eigenvalue weighted by Crippen LogP contribution is -2.31. The lowest BCUT2D eigenvalue weighted by atomic mass is 9.61. The molecule has 0 fully saturated rings. The summed E-state index contributed by atoms with van der Waals surface area (Å²) in [5.74, 6) is 0. The van der Waals surface area contributed by atoms with E-state index in [0.29, 0.717) is 0 Å². The highest BCUT2D eigenvalue weighted by Crippen LogP contribution is 2.62. The molecule has 0 atom stereocenters. The molecule has 7 aromatic carbocycles. The molecule has 0 saturated heterocycles. The molecular weight excluding hydrogens is 593 g/mol. The Labute approximate surface area is 284 Å². The standard InChI is InChI=1S/C47H28N2/c1-4-14-39-34(10-1)35-11-2-5-15-40(35)47(39)41-16-6-3-12-36(41)38-26-25-33(37-13-7-17-42(47)44(37)38)29-18-20-30(21-19-29)43-27-24-32-23-22-31-9-8-28-48-45(31)46(32)49-43/h1-28H. The molecule has 2 heteroatoms. The number of pyridine rings is 2. The second-order valence-corrected chi connectivity index (χ2v) is 13.3.